The number of hydrogen-bond donors (Lipinski definition) is 1. The molecule has 2 rings (SSSR count). The van der Waals surface area contributed by atoms with E-state index in [0.29, 0.717) is 0 Å². The van der Waals surface area contributed by atoms with Gasteiger partial charge in [0.1, 0.15) is 0 Å². The van der Waals surface area contributed by atoms with Crippen molar-refractivity contribution in [3.8, 4) is 11.4 Å². The zero-order valence-corrected chi connectivity index (χ0v) is 11.2. The van der Waals surface area contributed by atoms with Crippen molar-refractivity contribution in [2.45, 2.75) is 0 Å². The summed E-state index contributed by atoms with van der Waals surface area (Å²) in [6.07, 6.45) is 3.54. The monoisotopic (exact) mass is 307 g/mol. The van der Waals surface area contributed by atoms with Gasteiger partial charge in [0.25, 0.3) is 0 Å². The van der Waals surface area contributed by atoms with E-state index in [9.17, 15) is 0 Å². The predicted molar refractivity (Wildman–Crippen MR) is 49.7 cm³/mol. The van der Waals surface area contributed by atoms with E-state index in [1.54, 1.807) is 12.4 Å². The molecule has 0 saturated heterocycles. The molecule has 0 aliphatic rings. The first kappa shape index (κ1) is 17.0. The van der Waals surface area contributed by atoms with Gasteiger partial charge in [-0.15, -0.1) is 0 Å². The molecule has 2 aromatic heterocycles. The molecule has 0 bridgehead atoms. The fourth-order valence-electron chi connectivity index (χ4n) is 1.03. The largest absolute Gasteiger partial charge is 0.255 e. The molecule has 1 N–H and O–H groups in total. The summed E-state index contributed by atoms with van der Waals surface area (Å²) in [5.41, 5.74) is 1.83. The van der Waals surface area contributed by atoms with Gasteiger partial charge < -0.3 is 0 Å². The summed E-state index contributed by atoms with van der Waals surface area (Å²) >= 11 is 0. The number of nitrogens with zero attached hydrogens (tertiary/aromatic N) is 2. The van der Waals surface area contributed by atoms with Crippen LogP contribution in [0.3, 0.4) is 0 Å². The SMILES string of the molecule is [O-][Cl+3]([O-])([O-])O.[V].c1ccc(-c2ccccn2)nc1. The van der Waals surface area contributed by atoms with Gasteiger partial charge in [-0.25, -0.2) is 0 Å². The molecule has 0 amide bonds. The molecule has 8 heteroatoms. The Morgan fingerprint density at radius 3 is 1.39 bits per heavy atom. The van der Waals surface area contributed by atoms with Crippen molar-refractivity contribution in [3.05, 3.63) is 48.8 Å². The number of aromatic nitrogens is 2. The van der Waals surface area contributed by atoms with Crippen LogP contribution in [-0.2, 0) is 18.6 Å². The van der Waals surface area contributed by atoms with Gasteiger partial charge in [-0.1, -0.05) is 12.1 Å². The van der Waals surface area contributed by atoms with Gasteiger partial charge in [0.15, 0.2) is 0 Å². The van der Waals surface area contributed by atoms with Gasteiger partial charge in [-0.2, -0.15) is 14.0 Å². The fourth-order valence-corrected chi connectivity index (χ4v) is 1.03. The normalized spacial score (nSPS) is 9.78. The van der Waals surface area contributed by atoms with Crippen LogP contribution in [0.2, 0.25) is 0 Å². The number of rotatable bonds is 1. The van der Waals surface area contributed by atoms with Crippen molar-refractivity contribution in [1.82, 2.24) is 9.97 Å². The Hall–Kier alpha value is -0.986. The Labute approximate surface area is 118 Å². The zero-order chi connectivity index (χ0) is 12.7. The molecule has 0 atom stereocenters. The van der Waals surface area contributed by atoms with Crippen molar-refractivity contribution in [2.24, 2.45) is 0 Å². The fraction of sp³-hybridized carbons (Fsp3) is 0. The Morgan fingerprint density at radius 1 is 0.833 bits per heavy atom. The molecule has 95 valence electrons. The summed E-state index contributed by atoms with van der Waals surface area (Å²) in [6.45, 7) is 0. The molecule has 0 fully saturated rings. The molecule has 18 heavy (non-hydrogen) atoms. The van der Waals surface area contributed by atoms with Gasteiger partial charge >= 0.3 is 0 Å². The summed E-state index contributed by atoms with van der Waals surface area (Å²) in [7, 11) is -4.69. The minimum atomic E-state index is -4.69. The Kier molecular flexibility index (Phi) is 7.73. The Bertz CT molecular complexity index is 395. The van der Waals surface area contributed by atoms with E-state index in [1.165, 1.54) is 0 Å². The number of pyridine rings is 2. The maximum Gasteiger partial charge on any atom is 0.0886 e. The van der Waals surface area contributed by atoms with Crippen LogP contribution in [0.5, 0.6) is 0 Å². The van der Waals surface area contributed by atoms with Gasteiger partial charge in [0.05, 0.1) is 26.3 Å². The van der Waals surface area contributed by atoms with Crippen molar-refractivity contribution in [3.63, 3.8) is 0 Å². The summed E-state index contributed by atoms with van der Waals surface area (Å²) in [5.74, 6) is 0. The molecule has 0 aliphatic heterocycles. The molecule has 0 aromatic carbocycles. The van der Waals surface area contributed by atoms with E-state index in [0.717, 1.165) is 11.4 Å². The first-order valence-electron chi connectivity index (χ1n) is 4.42. The van der Waals surface area contributed by atoms with Gasteiger partial charge in [0, 0.05) is 30.9 Å². The molecular formula is C10H9ClN2O4V. The minimum absolute atomic E-state index is 0. The van der Waals surface area contributed by atoms with Crippen LogP contribution in [0.15, 0.2) is 48.8 Å². The van der Waals surface area contributed by atoms with Crippen molar-refractivity contribution in [2.75, 3.05) is 0 Å². The third kappa shape index (κ3) is 8.16. The topological polar surface area (TPSA) is 115 Å². The van der Waals surface area contributed by atoms with Crippen LogP contribution in [0.25, 0.3) is 11.4 Å². The molecule has 0 spiro atoms. The third-order valence-corrected chi connectivity index (χ3v) is 1.59. The second kappa shape index (κ2) is 8.18. The first-order chi connectivity index (χ1) is 7.97. The summed E-state index contributed by atoms with van der Waals surface area (Å²) < 4.78 is 32.7. The summed E-state index contributed by atoms with van der Waals surface area (Å²) in [5, 5.41) is 0. The predicted octanol–water partition coefficient (Wildman–Crippen LogP) is -1.98. The third-order valence-electron chi connectivity index (χ3n) is 1.59. The van der Waals surface area contributed by atoms with Crippen LogP contribution in [0.1, 0.15) is 0 Å². The van der Waals surface area contributed by atoms with Crippen LogP contribution in [0, 0.1) is 10.2 Å². The molecule has 1 radical (unpaired) electrons. The molecule has 0 aliphatic carbocycles. The van der Waals surface area contributed by atoms with E-state index in [4.69, 9.17) is 18.6 Å². The summed E-state index contributed by atoms with van der Waals surface area (Å²) in [6, 6.07) is 11.6. The standard InChI is InChI=1S/C10H8N2.ClHO4.V/c1-3-7-11-9(5-1)10-6-2-4-8-12-10;2-1(3,4)5;/h1-8H;(H,2,3,4,5);. The van der Waals surface area contributed by atoms with E-state index in [-0.39, 0.29) is 18.6 Å². The van der Waals surface area contributed by atoms with Crippen molar-refractivity contribution >= 4 is 0 Å². The van der Waals surface area contributed by atoms with Crippen LogP contribution >= 0.6 is 0 Å². The molecule has 2 aromatic rings. The molecule has 0 saturated carbocycles. The minimum Gasteiger partial charge on any atom is -0.255 e. The Balaban J connectivity index is 0.000000421. The number of hydrogen-bond acceptors (Lipinski definition) is 6. The van der Waals surface area contributed by atoms with Crippen LogP contribution < -0.4 is 14.0 Å². The molecular weight excluding hydrogens is 299 g/mol. The van der Waals surface area contributed by atoms with E-state index >= 15 is 0 Å². The maximum absolute atomic E-state index is 8.60. The van der Waals surface area contributed by atoms with Gasteiger partial charge in [0.2, 0.25) is 0 Å². The average Bonchev–Trinajstić information content (AvgIpc) is 2.29. The molecule has 0 unspecified atom stereocenters. The smallest absolute Gasteiger partial charge is 0.0886 e. The average molecular weight is 308 g/mol. The molecule has 6 nitrogen and oxygen atoms in total. The van der Waals surface area contributed by atoms with Crippen LogP contribution in [0.4, 0.5) is 0 Å². The van der Waals surface area contributed by atoms with E-state index in [1.807, 2.05) is 36.4 Å². The first-order valence-corrected chi connectivity index (χ1v) is 5.69. The second-order valence-corrected chi connectivity index (χ2v) is 3.62. The molecule has 2 heterocycles. The van der Waals surface area contributed by atoms with E-state index < -0.39 is 10.2 Å². The second-order valence-electron chi connectivity index (χ2n) is 2.83. The maximum atomic E-state index is 8.60. The zero-order valence-electron chi connectivity index (χ0n) is 9.01. The quantitative estimate of drug-likeness (QED) is 0.652. The van der Waals surface area contributed by atoms with Crippen molar-refractivity contribution in [1.29, 1.82) is 0 Å². The van der Waals surface area contributed by atoms with Crippen molar-refractivity contribution < 1.29 is 47.4 Å². The number of halogens is 1. The summed E-state index contributed by atoms with van der Waals surface area (Å²) in [4.78, 5) is 8.37. The van der Waals surface area contributed by atoms with E-state index in [2.05, 4.69) is 9.97 Å². The van der Waals surface area contributed by atoms with Crippen LogP contribution in [-0.4, -0.2) is 14.6 Å². The van der Waals surface area contributed by atoms with Gasteiger partial charge in [-0.3, -0.25) is 9.97 Å². The Morgan fingerprint density at radius 2 is 1.17 bits per heavy atom. The van der Waals surface area contributed by atoms with Gasteiger partial charge in [-0.05, 0) is 24.3 Å².